The third kappa shape index (κ3) is 34.7. The molecular formula is C36H63O8P. The molecular weight excluding hydrogens is 591 g/mol. The zero-order valence-electron chi connectivity index (χ0n) is 28.3. The number of rotatable bonds is 31. The monoisotopic (exact) mass is 654 g/mol. The average Bonchev–Trinajstić information content (AvgIpc) is 3.00. The lowest BCUT2D eigenvalue weighted by Crippen LogP contribution is -2.29. The number of esters is 2. The third-order valence-corrected chi connectivity index (χ3v) is 7.60. The Morgan fingerprint density at radius 2 is 1.07 bits per heavy atom. The van der Waals surface area contributed by atoms with Crippen LogP contribution in [0.5, 0.6) is 0 Å². The highest BCUT2D eigenvalue weighted by molar-refractivity contribution is 7.46. The largest absolute Gasteiger partial charge is 0.469 e. The maximum atomic E-state index is 12.3. The van der Waals surface area contributed by atoms with Crippen LogP contribution in [-0.2, 0) is 28.2 Å². The van der Waals surface area contributed by atoms with Gasteiger partial charge in [-0.3, -0.25) is 14.1 Å². The summed E-state index contributed by atoms with van der Waals surface area (Å²) in [5, 5.41) is 0. The molecule has 0 aromatic carbocycles. The molecule has 0 aliphatic rings. The lowest BCUT2D eigenvalue weighted by molar-refractivity contribution is -0.161. The van der Waals surface area contributed by atoms with E-state index >= 15 is 0 Å². The van der Waals surface area contributed by atoms with Crippen LogP contribution in [0.25, 0.3) is 0 Å². The van der Waals surface area contributed by atoms with Crippen molar-refractivity contribution in [3.8, 4) is 0 Å². The number of phosphoric ester groups is 1. The number of carbonyl (C=O) groups is 2. The number of unbranched alkanes of at least 4 members (excludes halogenated alkanes) is 13. The number of carbonyl (C=O) groups excluding carboxylic acids is 2. The lowest BCUT2D eigenvalue weighted by atomic mass is 10.1. The molecule has 9 heteroatoms. The molecule has 45 heavy (non-hydrogen) atoms. The zero-order valence-corrected chi connectivity index (χ0v) is 29.1. The van der Waals surface area contributed by atoms with E-state index in [4.69, 9.17) is 19.3 Å². The molecule has 0 bridgehead atoms. The van der Waals surface area contributed by atoms with Crippen molar-refractivity contribution < 1.29 is 37.9 Å². The maximum absolute atomic E-state index is 12.3. The van der Waals surface area contributed by atoms with Gasteiger partial charge >= 0.3 is 19.8 Å². The van der Waals surface area contributed by atoms with Crippen LogP contribution < -0.4 is 0 Å². The number of ether oxygens (including phenoxy) is 2. The normalized spacial score (nSPS) is 13.1. The van der Waals surface area contributed by atoms with E-state index in [2.05, 4.69) is 67.0 Å². The molecule has 8 nitrogen and oxygen atoms in total. The fourth-order valence-electron chi connectivity index (χ4n) is 4.54. The Labute approximate surface area is 274 Å². The minimum Gasteiger partial charge on any atom is -0.462 e. The van der Waals surface area contributed by atoms with Gasteiger partial charge in [-0.25, -0.2) is 4.57 Å². The Morgan fingerprint density at radius 3 is 1.60 bits per heavy atom. The molecule has 0 heterocycles. The minimum absolute atomic E-state index is 0.201. The summed E-state index contributed by atoms with van der Waals surface area (Å²) in [6.45, 7) is 3.47. The van der Waals surface area contributed by atoms with Crippen LogP contribution in [0.1, 0.15) is 149 Å². The second-order valence-electron chi connectivity index (χ2n) is 11.5. The van der Waals surface area contributed by atoms with Crippen molar-refractivity contribution in [2.45, 2.75) is 155 Å². The van der Waals surface area contributed by atoms with Crippen molar-refractivity contribution in [1.29, 1.82) is 0 Å². The first kappa shape index (κ1) is 43.0. The summed E-state index contributed by atoms with van der Waals surface area (Å²) in [7, 11) is -4.74. The van der Waals surface area contributed by atoms with Gasteiger partial charge in [0.25, 0.3) is 0 Å². The van der Waals surface area contributed by atoms with Crippen LogP contribution in [0.2, 0.25) is 0 Å². The van der Waals surface area contributed by atoms with Crippen LogP contribution in [-0.4, -0.2) is 41.0 Å². The molecule has 0 rings (SSSR count). The van der Waals surface area contributed by atoms with E-state index in [-0.39, 0.29) is 19.4 Å². The third-order valence-electron chi connectivity index (χ3n) is 7.11. The summed E-state index contributed by atoms with van der Waals surface area (Å²) in [6.07, 6.45) is 37.2. The van der Waals surface area contributed by atoms with Gasteiger partial charge in [0.05, 0.1) is 6.61 Å². The highest BCUT2D eigenvalue weighted by Gasteiger charge is 2.22. The Balaban J connectivity index is 3.91. The molecule has 0 aliphatic carbocycles. The molecule has 0 aliphatic heterocycles. The fourth-order valence-corrected chi connectivity index (χ4v) is 4.90. The molecule has 0 amide bonds. The summed E-state index contributed by atoms with van der Waals surface area (Å²) in [5.74, 6) is -0.908. The Hall–Kier alpha value is -1.99. The molecule has 260 valence electrons. The van der Waals surface area contributed by atoms with Crippen molar-refractivity contribution in [3.05, 3.63) is 48.6 Å². The molecule has 0 aromatic heterocycles. The van der Waals surface area contributed by atoms with Crippen LogP contribution >= 0.6 is 7.82 Å². The van der Waals surface area contributed by atoms with E-state index < -0.39 is 32.5 Å². The second-order valence-corrected chi connectivity index (χ2v) is 12.7. The van der Waals surface area contributed by atoms with E-state index in [0.717, 1.165) is 83.5 Å². The standard InChI is InChI=1S/C36H63O8P/c1-3-5-7-9-11-12-13-14-15-16-17-18-19-20-21-22-23-24-25-27-29-31-36(38)44-34(33-43-45(39,40)41)32-42-35(37)30-28-26-10-8-6-4-2/h5,7,11-12,14-15,17-18,34H,3-4,6,8-10,13,16,19-33H2,1-2H3,(H2,39,40,41)/b7-5-,12-11-,15-14-,18-17-. The van der Waals surface area contributed by atoms with E-state index in [1.165, 1.54) is 32.1 Å². The Kier molecular flexibility index (Phi) is 30.6. The molecule has 0 radical (unpaired) electrons. The van der Waals surface area contributed by atoms with Crippen LogP contribution in [0.4, 0.5) is 0 Å². The molecule has 0 saturated heterocycles. The second kappa shape index (κ2) is 32.0. The van der Waals surface area contributed by atoms with Gasteiger partial charge in [-0.2, -0.15) is 0 Å². The van der Waals surface area contributed by atoms with E-state index in [9.17, 15) is 14.2 Å². The molecule has 2 N–H and O–H groups in total. The van der Waals surface area contributed by atoms with Gasteiger partial charge in [-0.05, 0) is 51.4 Å². The zero-order chi connectivity index (χ0) is 33.3. The van der Waals surface area contributed by atoms with Gasteiger partial charge in [-0.15, -0.1) is 0 Å². The SMILES string of the molecule is CC/C=C\C/C=C\C/C=C\C/C=C\CCCCCCCCCCC(=O)OC(COC(=O)CCCCCCCC)COP(=O)(O)O. The summed E-state index contributed by atoms with van der Waals surface area (Å²) in [5.41, 5.74) is 0. The van der Waals surface area contributed by atoms with Gasteiger partial charge in [-0.1, -0.05) is 133 Å². The first-order chi connectivity index (χ1) is 21.8. The Morgan fingerprint density at radius 1 is 0.600 bits per heavy atom. The molecule has 1 unspecified atom stereocenters. The fraction of sp³-hybridized carbons (Fsp3) is 0.722. The summed E-state index contributed by atoms with van der Waals surface area (Å²) in [6, 6.07) is 0. The first-order valence-corrected chi connectivity index (χ1v) is 19.0. The molecule has 1 atom stereocenters. The van der Waals surface area contributed by atoms with Crippen molar-refractivity contribution in [1.82, 2.24) is 0 Å². The van der Waals surface area contributed by atoms with Crippen molar-refractivity contribution >= 4 is 19.8 Å². The topological polar surface area (TPSA) is 119 Å². The molecule has 0 fully saturated rings. The highest BCUT2D eigenvalue weighted by Crippen LogP contribution is 2.35. The molecule has 0 saturated carbocycles. The first-order valence-electron chi connectivity index (χ1n) is 17.4. The predicted octanol–water partition coefficient (Wildman–Crippen LogP) is 10.0. The summed E-state index contributed by atoms with van der Waals surface area (Å²) in [4.78, 5) is 42.3. The quantitative estimate of drug-likeness (QED) is 0.0328. The van der Waals surface area contributed by atoms with Gasteiger partial charge in [0.1, 0.15) is 6.61 Å². The number of hydrogen-bond donors (Lipinski definition) is 2. The van der Waals surface area contributed by atoms with Crippen molar-refractivity contribution in [2.24, 2.45) is 0 Å². The molecule has 0 aromatic rings. The van der Waals surface area contributed by atoms with Gasteiger partial charge in [0.2, 0.25) is 0 Å². The van der Waals surface area contributed by atoms with E-state index in [1.54, 1.807) is 0 Å². The predicted molar refractivity (Wildman–Crippen MR) is 184 cm³/mol. The highest BCUT2D eigenvalue weighted by atomic mass is 31.2. The van der Waals surface area contributed by atoms with Crippen LogP contribution in [0, 0.1) is 0 Å². The number of allylic oxidation sites excluding steroid dienone is 8. The van der Waals surface area contributed by atoms with Gasteiger partial charge < -0.3 is 19.3 Å². The Bertz CT molecular complexity index is 874. The van der Waals surface area contributed by atoms with Crippen LogP contribution in [0.15, 0.2) is 48.6 Å². The number of hydrogen-bond acceptors (Lipinski definition) is 6. The van der Waals surface area contributed by atoms with Crippen LogP contribution in [0.3, 0.4) is 0 Å². The van der Waals surface area contributed by atoms with Gasteiger partial charge in [0.15, 0.2) is 6.10 Å². The maximum Gasteiger partial charge on any atom is 0.469 e. The number of phosphoric acid groups is 1. The summed E-state index contributed by atoms with van der Waals surface area (Å²) < 4.78 is 26.1. The molecule has 0 spiro atoms. The average molecular weight is 655 g/mol. The van der Waals surface area contributed by atoms with Crippen molar-refractivity contribution in [2.75, 3.05) is 13.2 Å². The smallest absolute Gasteiger partial charge is 0.462 e. The minimum atomic E-state index is -4.74. The van der Waals surface area contributed by atoms with Gasteiger partial charge in [0, 0.05) is 12.8 Å². The van der Waals surface area contributed by atoms with E-state index in [0.29, 0.717) is 6.42 Å². The lowest BCUT2D eigenvalue weighted by Gasteiger charge is -2.18. The van der Waals surface area contributed by atoms with Crippen molar-refractivity contribution in [3.63, 3.8) is 0 Å². The summed E-state index contributed by atoms with van der Waals surface area (Å²) >= 11 is 0. The van der Waals surface area contributed by atoms with E-state index in [1.807, 2.05) is 0 Å².